The molecule has 0 aliphatic carbocycles. The molecule has 0 saturated carbocycles. The van der Waals surface area contributed by atoms with E-state index in [1.54, 1.807) is 0 Å². The summed E-state index contributed by atoms with van der Waals surface area (Å²) in [6.07, 6.45) is 1.69. The molecule has 4 nitrogen and oxygen atoms in total. The van der Waals surface area contributed by atoms with E-state index in [4.69, 9.17) is 0 Å². The average molecular weight is 230 g/mol. The normalized spacial score (nSPS) is 23.9. The second-order valence-electron chi connectivity index (χ2n) is 3.61. The van der Waals surface area contributed by atoms with E-state index < -0.39 is 15.7 Å². The minimum Gasteiger partial charge on any atom is -0.366 e. The Balaban J connectivity index is 2.02. The summed E-state index contributed by atoms with van der Waals surface area (Å²) in [5.41, 5.74) is 0. The van der Waals surface area contributed by atoms with Crippen LogP contribution < -0.4 is 5.32 Å². The van der Waals surface area contributed by atoms with Crippen LogP contribution in [0.1, 0.15) is 6.42 Å². The van der Waals surface area contributed by atoms with Crippen LogP contribution in [0.5, 0.6) is 0 Å². The summed E-state index contributed by atoms with van der Waals surface area (Å²) in [4.78, 5) is 3.81. The fraction of sp³-hybridized carbons (Fsp3) is 0.444. The average Bonchev–Trinajstić information content (AvgIpc) is 2.50. The predicted molar refractivity (Wildman–Crippen MR) is 54.9 cm³/mol. The Morgan fingerprint density at radius 2 is 2.27 bits per heavy atom. The molecule has 1 fully saturated rings. The molecule has 1 N–H and O–H groups in total. The van der Waals surface area contributed by atoms with Crippen LogP contribution >= 0.6 is 0 Å². The molecule has 0 aromatic carbocycles. The molecule has 0 spiro atoms. The van der Waals surface area contributed by atoms with Gasteiger partial charge in [-0.3, -0.25) is 0 Å². The van der Waals surface area contributed by atoms with Crippen LogP contribution in [0.4, 0.5) is 10.2 Å². The Hall–Kier alpha value is -1.17. The minimum absolute atomic E-state index is 0.104. The lowest BCUT2D eigenvalue weighted by Crippen LogP contribution is -2.21. The van der Waals surface area contributed by atoms with Gasteiger partial charge in [0.1, 0.15) is 11.6 Å². The number of anilines is 1. The number of rotatable bonds is 2. The Morgan fingerprint density at radius 3 is 2.80 bits per heavy atom. The van der Waals surface area contributed by atoms with Gasteiger partial charge in [0.2, 0.25) is 0 Å². The number of nitrogens with one attached hydrogen (secondary N) is 1. The first kappa shape index (κ1) is 10.4. The molecule has 82 valence electrons. The zero-order valence-corrected chi connectivity index (χ0v) is 8.80. The first-order valence-corrected chi connectivity index (χ1v) is 6.46. The van der Waals surface area contributed by atoms with Crippen LogP contribution in [0.3, 0.4) is 0 Å². The molecule has 1 unspecified atom stereocenters. The van der Waals surface area contributed by atoms with Crippen molar-refractivity contribution in [3.05, 3.63) is 24.1 Å². The van der Waals surface area contributed by atoms with Crippen molar-refractivity contribution < 1.29 is 12.8 Å². The third-order valence-electron chi connectivity index (χ3n) is 2.31. The zero-order chi connectivity index (χ0) is 10.9. The largest absolute Gasteiger partial charge is 0.366 e. The monoisotopic (exact) mass is 230 g/mol. The van der Waals surface area contributed by atoms with E-state index in [1.807, 2.05) is 0 Å². The summed E-state index contributed by atoms with van der Waals surface area (Å²) < 4.78 is 34.9. The fourth-order valence-electron chi connectivity index (χ4n) is 1.58. The first-order chi connectivity index (χ1) is 7.05. The van der Waals surface area contributed by atoms with E-state index in [0.717, 1.165) is 6.20 Å². The molecule has 1 aliphatic rings. The maximum absolute atomic E-state index is 12.5. The SMILES string of the molecule is O=S1(=O)CCC(Nc2ccc(F)cn2)C1. The van der Waals surface area contributed by atoms with Crippen molar-refractivity contribution in [1.29, 1.82) is 0 Å². The predicted octanol–water partition coefficient (Wildman–Crippen LogP) is 0.820. The van der Waals surface area contributed by atoms with Crippen molar-refractivity contribution in [2.45, 2.75) is 12.5 Å². The van der Waals surface area contributed by atoms with Crippen molar-refractivity contribution in [2.75, 3.05) is 16.8 Å². The lowest BCUT2D eigenvalue weighted by molar-refractivity contribution is 0.601. The van der Waals surface area contributed by atoms with Gasteiger partial charge in [-0.25, -0.2) is 17.8 Å². The van der Waals surface area contributed by atoms with Gasteiger partial charge in [-0.2, -0.15) is 0 Å². The molecular weight excluding hydrogens is 219 g/mol. The van der Waals surface area contributed by atoms with Gasteiger partial charge in [0.25, 0.3) is 0 Å². The highest BCUT2D eigenvalue weighted by atomic mass is 32.2. The van der Waals surface area contributed by atoms with Crippen LogP contribution in [0.25, 0.3) is 0 Å². The Morgan fingerprint density at radius 1 is 1.47 bits per heavy atom. The summed E-state index contributed by atoms with van der Waals surface area (Å²) in [6.45, 7) is 0. The number of hydrogen-bond acceptors (Lipinski definition) is 4. The van der Waals surface area contributed by atoms with Crippen LogP contribution in [-0.2, 0) is 9.84 Å². The van der Waals surface area contributed by atoms with E-state index in [0.29, 0.717) is 12.2 Å². The van der Waals surface area contributed by atoms with Gasteiger partial charge < -0.3 is 5.32 Å². The highest BCUT2D eigenvalue weighted by molar-refractivity contribution is 7.91. The quantitative estimate of drug-likeness (QED) is 0.817. The van der Waals surface area contributed by atoms with Crippen molar-refractivity contribution in [2.24, 2.45) is 0 Å². The zero-order valence-electron chi connectivity index (χ0n) is 7.98. The van der Waals surface area contributed by atoms with Crippen LogP contribution in [0.2, 0.25) is 0 Å². The van der Waals surface area contributed by atoms with Crippen LogP contribution in [-0.4, -0.2) is 30.9 Å². The van der Waals surface area contributed by atoms with E-state index in [-0.39, 0.29) is 17.5 Å². The third kappa shape index (κ3) is 2.65. The number of nitrogens with zero attached hydrogens (tertiary/aromatic N) is 1. The van der Waals surface area contributed by atoms with Crippen molar-refractivity contribution >= 4 is 15.7 Å². The first-order valence-electron chi connectivity index (χ1n) is 4.64. The Bertz CT molecular complexity index is 444. The summed E-state index contributed by atoms with van der Waals surface area (Å²) >= 11 is 0. The van der Waals surface area contributed by atoms with Crippen LogP contribution in [0.15, 0.2) is 18.3 Å². The summed E-state index contributed by atoms with van der Waals surface area (Å²) in [5.74, 6) is 0.455. The number of halogens is 1. The second-order valence-corrected chi connectivity index (χ2v) is 5.83. The molecule has 0 radical (unpaired) electrons. The van der Waals surface area contributed by atoms with Crippen molar-refractivity contribution in [3.63, 3.8) is 0 Å². The van der Waals surface area contributed by atoms with Gasteiger partial charge in [0, 0.05) is 6.04 Å². The Labute approximate surface area is 87.4 Å². The van der Waals surface area contributed by atoms with E-state index in [9.17, 15) is 12.8 Å². The van der Waals surface area contributed by atoms with Gasteiger partial charge in [0.05, 0.1) is 17.7 Å². The molecular formula is C9H11FN2O2S. The molecule has 1 aromatic heterocycles. The second kappa shape index (κ2) is 3.77. The molecule has 6 heteroatoms. The lowest BCUT2D eigenvalue weighted by Gasteiger charge is -2.10. The van der Waals surface area contributed by atoms with Crippen LogP contribution in [0, 0.1) is 5.82 Å². The number of sulfone groups is 1. The number of pyridine rings is 1. The standard InChI is InChI=1S/C9H11FN2O2S/c10-7-1-2-9(11-5-7)12-8-3-4-15(13,14)6-8/h1-2,5,8H,3-4,6H2,(H,11,12). The maximum Gasteiger partial charge on any atom is 0.152 e. The molecule has 1 saturated heterocycles. The number of hydrogen-bond donors (Lipinski definition) is 1. The minimum atomic E-state index is -2.89. The highest BCUT2D eigenvalue weighted by Gasteiger charge is 2.27. The molecule has 1 atom stereocenters. The summed E-state index contributed by atoms with van der Waals surface area (Å²) in [7, 11) is -2.89. The summed E-state index contributed by atoms with van der Waals surface area (Å²) in [6, 6.07) is 2.69. The molecule has 2 rings (SSSR count). The molecule has 1 aliphatic heterocycles. The van der Waals surface area contributed by atoms with Gasteiger partial charge in [0.15, 0.2) is 9.84 Å². The maximum atomic E-state index is 12.5. The number of aromatic nitrogens is 1. The smallest absolute Gasteiger partial charge is 0.152 e. The molecule has 2 heterocycles. The van der Waals surface area contributed by atoms with Gasteiger partial charge in [-0.05, 0) is 18.6 Å². The molecule has 0 amide bonds. The molecule has 15 heavy (non-hydrogen) atoms. The van der Waals surface area contributed by atoms with E-state index in [2.05, 4.69) is 10.3 Å². The highest BCUT2D eigenvalue weighted by Crippen LogP contribution is 2.15. The topological polar surface area (TPSA) is 59.1 Å². The summed E-state index contributed by atoms with van der Waals surface area (Å²) in [5, 5.41) is 2.97. The fourth-order valence-corrected chi connectivity index (χ4v) is 3.25. The third-order valence-corrected chi connectivity index (χ3v) is 4.08. The lowest BCUT2D eigenvalue weighted by atomic mass is 10.2. The molecule has 0 bridgehead atoms. The Kier molecular flexibility index (Phi) is 2.60. The van der Waals surface area contributed by atoms with Crippen molar-refractivity contribution in [3.8, 4) is 0 Å². The van der Waals surface area contributed by atoms with Gasteiger partial charge in [-0.1, -0.05) is 0 Å². The van der Waals surface area contributed by atoms with Gasteiger partial charge >= 0.3 is 0 Å². The van der Waals surface area contributed by atoms with Gasteiger partial charge in [-0.15, -0.1) is 0 Å². The van der Waals surface area contributed by atoms with E-state index >= 15 is 0 Å². The molecule has 1 aromatic rings. The van der Waals surface area contributed by atoms with Crippen molar-refractivity contribution in [1.82, 2.24) is 4.98 Å². The van der Waals surface area contributed by atoms with E-state index in [1.165, 1.54) is 12.1 Å².